The molecule has 22 heavy (non-hydrogen) atoms. The zero-order chi connectivity index (χ0) is 15.4. The van der Waals surface area contributed by atoms with Crippen LogP contribution in [0.15, 0.2) is 60.7 Å². The summed E-state index contributed by atoms with van der Waals surface area (Å²) in [5, 5.41) is 0. The van der Waals surface area contributed by atoms with Gasteiger partial charge >= 0.3 is 0 Å². The SMILES string of the molecule is CN1CC[C@](C)(COCc2ccccc2)[C@@H]1c1ccccc1. The average Bonchev–Trinajstić information content (AvgIpc) is 2.84. The van der Waals surface area contributed by atoms with E-state index in [1.54, 1.807) is 0 Å². The number of hydrogen-bond donors (Lipinski definition) is 0. The Bertz CT molecular complexity index is 583. The maximum absolute atomic E-state index is 6.08. The van der Waals surface area contributed by atoms with E-state index in [0.717, 1.165) is 13.2 Å². The van der Waals surface area contributed by atoms with Crippen LogP contribution in [0.4, 0.5) is 0 Å². The van der Waals surface area contributed by atoms with E-state index in [0.29, 0.717) is 12.6 Å². The summed E-state index contributed by atoms with van der Waals surface area (Å²) < 4.78 is 6.08. The van der Waals surface area contributed by atoms with E-state index in [2.05, 4.69) is 73.5 Å². The molecule has 116 valence electrons. The first-order valence-corrected chi connectivity index (χ1v) is 8.06. The van der Waals surface area contributed by atoms with Crippen molar-refractivity contribution in [3.63, 3.8) is 0 Å². The quantitative estimate of drug-likeness (QED) is 0.816. The fourth-order valence-corrected chi connectivity index (χ4v) is 3.65. The van der Waals surface area contributed by atoms with E-state index in [1.165, 1.54) is 17.5 Å². The van der Waals surface area contributed by atoms with Gasteiger partial charge < -0.3 is 4.74 Å². The molecule has 1 heterocycles. The number of benzene rings is 2. The van der Waals surface area contributed by atoms with E-state index < -0.39 is 0 Å². The molecule has 0 saturated carbocycles. The van der Waals surface area contributed by atoms with Gasteiger partial charge in [-0.2, -0.15) is 0 Å². The molecule has 0 spiro atoms. The summed E-state index contributed by atoms with van der Waals surface area (Å²) in [7, 11) is 2.22. The van der Waals surface area contributed by atoms with Crippen molar-refractivity contribution in [2.75, 3.05) is 20.2 Å². The molecule has 2 heteroatoms. The Morgan fingerprint density at radius 1 is 1.05 bits per heavy atom. The minimum Gasteiger partial charge on any atom is -0.376 e. The summed E-state index contributed by atoms with van der Waals surface area (Å²) in [5.41, 5.74) is 2.81. The lowest BCUT2D eigenvalue weighted by Gasteiger charge is -2.34. The van der Waals surface area contributed by atoms with Gasteiger partial charge in [-0.25, -0.2) is 0 Å². The summed E-state index contributed by atoms with van der Waals surface area (Å²) in [6.07, 6.45) is 1.18. The van der Waals surface area contributed by atoms with Gasteiger partial charge in [-0.1, -0.05) is 67.6 Å². The molecule has 1 fully saturated rings. The Balaban J connectivity index is 1.68. The van der Waals surface area contributed by atoms with E-state index in [1.807, 2.05) is 6.07 Å². The maximum Gasteiger partial charge on any atom is 0.0717 e. The monoisotopic (exact) mass is 295 g/mol. The molecule has 2 nitrogen and oxygen atoms in total. The molecule has 1 saturated heterocycles. The smallest absolute Gasteiger partial charge is 0.0717 e. The zero-order valence-electron chi connectivity index (χ0n) is 13.5. The highest BCUT2D eigenvalue weighted by molar-refractivity contribution is 5.23. The first-order chi connectivity index (χ1) is 10.7. The van der Waals surface area contributed by atoms with E-state index in [-0.39, 0.29) is 5.41 Å². The summed E-state index contributed by atoms with van der Waals surface area (Å²) >= 11 is 0. The van der Waals surface area contributed by atoms with Crippen molar-refractivity contribution >= 4 is 0 Å². The third-order valence-electron chi connectivity index (χ3n) is 4.80. The predicted molar refractivity (Wildman–Crippen MR) is 90.6 cm³/mol. The molecule has 0 aliphatic carbocycles. The van der Waals surface area contributed by atoms with Crippen LogP contribution in [0.25, 0.3) is 0 Å². The third kappa shape index (κ3) is 3.23. The third-order valence-corrected chi connectivity index (χ3v) is 4.80. The lowest BCUT2D eigenvalue weighted by atomic mass is 9.80. The second-order valence-corrected chi connectivity index (χ2v) is 6.68. The Hall–Kier alpha value is -1.64. The lowest BCUT2D eigenvalue weighted by Crippen LogP contribution is -2.31. The molecule has 2 aromatic rings. The van der Waals surface area contributed by atoms with Crippen molar-refractivity contribution < 1.29 is 4.74 Å². The molecule has 0 N–H and O–H groups in total. The number of nitrogens with zero attached hydrogens (tertiary/aromatic N) is 1. The number of hydrogen-bond acceptors (Lipinski definition) is 2. The highest BCUT2D eigenvalue weighted by Crippen LogP contribution is 2.46. The predicted octanol–water partition coefficient (Wildman–Crippen LogP) is 4.29. The molecule has 2 atom stereocenters. The minimum absolute atomic E-state index is 0.172. The normalized spacial score (nSPS) is 25.5. The second-order valence-electron chi connectivity index (χ2n) is 6.68. The van der Waals surface area contributed by atoms with Gasteiger partial charge in [0.15, 0.2) is 0 Å². The molecular formula is C20H25NO. The molecule has 2 aromatic carbocycles. The first kappa shape index (κ1) is 15.3. The number of rotatable bonds is 5. The van der Waals surface area contributed by atoms with Crippen LogP contribution in [0.1, 0.15) is 30.5 Å². The van der Waals surface area contributed by atoms with Crippen LogP contribution in [-0.4, -0.2) is 25.1 Å². The van der Waals surface area contributed by atoms with E-state index >= 15 is 0 Å². The van der Waals surface area contributed by atoms with Crippen LogP contribution < -0.4 is 0 Å². The van der Waals surface area contributed by atoms with Crippen molar-refractivity contribution in [3.05, 3.63) is 71.8 Å². The summed E-state index contributed by atoms with van der Waals surface area (Å²) in [5.74, 6) is 0. The summed E-state index contributed by atoms with van der Waals surface area (Å²) in [6, 6.07) is 21.7. The second kappa shape index (κ2) is 6.64. The molecule has 0 aromatic heterocycles. The van der Waals surface area contributed by atoms with Gasteiger partial charge in [0.1, 0.15) is 0 Å². The molecule has 0 bridgehead atoms. The fourth-order valence-electron chi connectivity index (χ4n) is 3.65. The molecule has 0 unspecified atom stereocenters. The summed E-state index contributed by atoms with van der Waals surface area (Å²) in [4.78, 5) is 2.46. The van der Waals surface area contributed by atoms with Gasteiger partial charge in [-0.15, -0.1) is 0 Å². The van der Waals surface area contributed by atoms with Crippen molar-refractivity contribution in [3.8, 4) is 0 Å². The Morgan fingerprint density at radius 3 is 2.36 bits per heavy atom. The lowest BCUT2D eigenvalue weighted by molar-refractivity contribution is 0.0237. The molecule has 1 aliphatic heterocycles. The van der Waals surface area contributed by atoms with Crippen molar-refractivity contribution in [2.45, 2.75) is 26.0 Å². The Labute approximate surface area is 133 Å². The molecule has 0 amide bonds. The molecule has 3 rings (SSSR count). The van der Waals surface area contributed by atoms with Crippen LogP contribution in [-0.2, 0) is 11.3 Å². The molecular weight excluding hydrogens is 270 g/mol. The van der Waals surface area contributed by atoms with Gasteiger partial charge in [-0.05, 0) is 31.1 Å². The van der Waals surface area contributed by atoms with Gasteiger partial charge in [0.25, 0.3) is 0 Å². The number of likely N-dealkylation sites (tertiary alicyclic amines) is 1. The Morgan fingerprint density at radius 2 is 1.68 bits per heavy atom. The fraction of sp³-hybridized carbons (Fsp3) is 0.400. The minimum atomic E-state index is 0.172. The van der Waals surface area contributed by atoms with Crippen LogP contribution in [0.3, 0.4) is 0 Å². The van der Waals surface area contributed by atoms with Crippen LogP contribution in [0, 0.1) is 5.41 Å². The van der Waals surface area contributed by atoms with E-state index in [9.17, 15) is 0 Å². The standard InChI is InChI=1S/C20H25NO/c1-20(16-22-15-17-9-5-3-6-10-17)13-14-21(2)19(20)18-11-7-4-8-12-18/h3-12,19H,13-16H2,1-2H3/t19-,20+/m0/s1. The van der Waals surface area contributed by atoms with Crippen LogP contribution >= 0.6 is 0 Å². The van der Waals surface area contributed by atoms with Gasteiger partial charge in [0.2, 0.25) is 0 Å². The number of ether oxygens (including phenoxy) is 1. The van der Waals surface area contributed by atoms with E-state index in [4.69, 9.17) is 4.74 Å². The van der Waals surface area contributed by atoms with Gasteiger partial charge in [0, 0.05) is 11.5 Å². The first-order valence-electron chi connectivity index (χ1n) is 8.06. The maximum atomic E-state index is 6.08. The van der Waals surface area contributed by atoms with Gasteiger partial charge in [0.05, 0.1) is 13.2 Å². The van der Waals surface area contributed by atoms with Gasteiger partial charge in [-0.3, -0.25) is 4.90 Å². The zero-order valence-corrected chi connectivity index (χ0v) is 13.5. The molecule has 1 aliphatic rings. The largest absolute Gasteiger partial charge is 0.376 e. The topological polar surface area (TPSA) is 12.5 Å². The average molecular weight is 295 g/mol. The van der Waals surface area contributed by atoms with Crippen molar-refractivity contribution in [1.29, 1.82) is 0 Å². The van der Waals surface area contributed by atoms with Crippen molar-refractivity contribution in [2.24, 2.45) is 5.41 Å². The van der Waals surface area contributed by atoms with Crippen LogP contribution in [0.5, 0.6) is 0 Å². The highest BCUT2D eigenvalue weighted by atomic mass is 16.5. The summed E-state index contributed by atoms with van der Waals surface area (Å²) in [6.45, 7) is 4.98. The Kier molecular flexibility index (Phi) is 4.60. The highest BCUT2D eigenvalue weighted by Gasteiger charge is 2.43. The molecule has 0 radical (unpaired) electrons. The van der Waals surface area contributed by atoms with Crippen molar-refractivity contribution in [1.82, 2.24) is 4.90 Å². The van der Waals surface area contributed by atoms with Crippen LogP contribution in [0.2, 0.25) is 0 Å².